The molecule has 0 fully saturated rings. The van der Waals surface area contributed by atoms with Crippen LogP contribution in [0.25, 0.3) is 0 Å². The number of unbranched alkanes of at least 4 members (excludes halogenated alkanes) is 1. The highest BCUT2D eigenvalue weighted by molar-refractivity contribution is 6.34. The molecule has 0 aliphatic carbocycles. The van der Waals surface area contributed by atoms with Crippen molar-refractivity contribution >= 4 is 23.0 Å². The number of halogens is 1. The molecule has 0 aromatic heterocycles. The van der Waals surface area contributed by atoms with Crippen LogP contribution in [-0.2, 0) is 6.42 Å². The Bertz CT molecular complexity index is 707. The summed E-state index contributed by atoms with van der Waals surface area (Å²) in [7, 11) is 0. The van der Waals surface area contributed by atoms with Crippen LogP contribution < -0.4 is 0 Å². The number of phenols is 1. The third-order valence-electron chi connectivity index (χ3n) is 3.95. The number of aryl methyl sites for hydroxylation is 2. The van der Waals surface area contributed by atoms with E-state index in [1.165, 1.54) is 18.4 Å². The smallest absolute Gasteiger partial charge is 0.117 e. The monoisotopic (exact) mass is 329 g/mol. The van der Waals surface area contributed by atoms with Crippen molar-refractivity contribution in [2.24, 2.45) is 4.99 Å². The minimum atomic E-state index is 0.228. The lowest BCUT2D eigenvalue weighted by molar-refractivity contribution is 0.475. The van der Waals surface area contributed by atoms with Gasteiger partial charge >= 0.3 is 0 Å². The van der Waals surface area contributed by atoms with Crippen LogP contribution in [0.4, 0.5) is 5.69 Å². The third kappa shape index (κ3) is 4.59. The van der Waals surface area contributed by atoms with Crippen LogP contribution in [0.1, 0.15) is 49.8 Å². The Morgan fingerprint density at radius 1 is 1.13 bits per heavy atom. The van der Waals surface area contributed by atoms with E-state index in [1.54, 1.807) is 12.1 Å². The first-order chi connectivity index (χ1) is 11.0. The lowest BCUT2D eigenvalue weighted by Gasteiger charge is -2.10. The summed E-state index contributed by atoms with van der Waals surface area (Å²) in [5.41, 5.74) is 4.99. The summed E-state index contributed by atoms with van der Waals surface area (Å²) in [6.45, 7) is 6.24. The maximum absolute atomic E-state index is 9.67. The standard InChI is InChI=1S/C20H24ClNO/c1-4-6-7-15-9-11-17(18(21)12-15)19(5-2)22-20-13-16(23)10-8-14(20)3/h8-13,23H,4-7H2,1-3H3. The van der Waals surface area contributed by atoms with Gasteiger partial charge in [-0.15, -0.1) is 0 Å². The average molecular weight is 330 g/mol. The number of aliphatic imine (C=N–C) groups is 1. The normalized spacial score (nSPS) is 11.7. The molecular formula is C20H24ClNO. The van der Waals surface area contributed by atoms with Crippen LogP contribution in [-0.4, -0.2) is 10.8 Å². The van der Waals surface area contributed by atoms with Gasteiger partial charge in [0.1, 0.15) is 5.75 Å². The molecular weight excluding hydrogens is 306 g/mol. The highest BCUT2D eigenvalue weighted by Crippen LogP contribution is 2.27. The molecule has 2 nitrogen and oxygen atoms in total. The fourth-order valence-corrected chi connectivity index (χ4v) is 2.83. The largest absolute Gasteiger partial charge is 0.508 e. The molecule has 23 heavy (non-hydrogen) atoms. The molecule has 1 N–H and O–H groups in total. The van der Waals surface area contributed by atoms with E-state index in [9.17, 15) is 5.11 Å². The molecule has 0 spiro atoms. The van der Waals surface area contributed by atoms with Crippen molar-refractivity contribution in [1.29, 1.82) is 0 Å². The number of aromatic hydroxyl groups is 1. The van der Waals surface area contributed by atoms with E-state index in [2.05, 4.69) is 26.0 Å². The number of hydrogen-bond acceptors (Lipinski definition) is 2. The van der Waals surface area contributed by atoms with Gasteiger partial charge in [0.25, 0.3) is 0 Å². The fourth-order valence-electron chi connectivity index (χ4n) is 2.52. The van der Waals surface area contributed by atoms with Gasteiger partial charge in [-0.2, -0.15) is 0 Å². The zero-order valence-corrected chi connectivity index (χ0v) is 14.8. The third-order valence-corrected chi connectivity index (χ3v) is 4.26. The summed E-state index contributed by atoms with van der Waals surface area (Å²) in [4.78, 5) is 4.73. The predicted octanol–water partition coefficient (Wildman–Crippen LogP) is 6.23. The molecule has 0 bridgehead atoms. The van der Waals surface area contributed by atoms with E-state index >= 15 is 0 Å². The summed E-state index contributed by atoms with van der Waals surface area (Å²) in [5, 5.41) is 10.4. The minimum Gasteiger partial charge on any atom is -0.508 e. The molecule has 0 aliphatic rings. The average Bonchev–Trinajstić information content (AvgIpc) is 2.54. The van der Waals surface area contributed by atoms with E-state index in [0.717, 1.165) is 40.4 Å². The second kappa shape index (κ2) is 8.16. The molecule has 0 amide bonds. The van der Waals surface area contributed by atoms with Gasteiger partial charge in [-0.1, -0.05) is 50.1 Å². The molecule has 2 aromatic rings. The van der Waals surface area contributed by atoms with E-state index in [1.807, 2.05) is 19.1 Å². The van der Waals surface area contributed by atoms with Gasteiger partial charge < -0.3 is 5.11 Å². The SMILES string of the molecule is CCCCc1ccc(C(CC)=Nc2cc(O)ccc2C)c(Cl)c1. The minimum absolute atomic E-state index is 0.228. The Hall–Kier alpha value is -1.80. The Balaban J connectivity index is 2.37. The number of benzene rings is 2. The summed E-state index contributed by atoms with van der Waals surface area (Å²) in [5.74, 6) is 0.228. The van der Waals surface area contributed by atoms with Gasteiger partial charge in [-0.3, -0.25) is 4.99 Å². The highest BCUT2D eigenvalue weighted by atomic mass is 35.5. The summed E-state index contributed by atoms with van der Waals surface area (Å²) in [6, 6.07) is 11.5. The van der Waals surface area contributed by atoms with Crippen LogP contribution in [0.15, 0.2) is 41.4 Å². The maximum atomic E-state index is 9.67. The van der Waals surface area contributed by atoms with E-state index in [4.69, 9.17) is 16.6 Å². The molecule has 0 aliphatic heterocycles. The van der Waals surface area contributed by atoms with Crippen molar-refractivity contribution in [2.75, 3.05) is 0 Å². The zero-order chi connectivity index (χ0) is 16.8. The topological polar surface area (TPSA) is 32.6 Å². The van der Waals surface area contributed by atoms with Gasteiger partial charge in [0.05, 0.1) is 5.69 Å². The maximum Gasteiger partial charge on any atom is 0.117 e. The second-order valence-electron chi connectivity index (χ2n) is 5.80. The first-order valence-corrected chi connectivity index (χ1v) is 8.59. The molecule has 0 radical (unpaired) electrons. The van der Waals surface area contributed by atoms with Crippen molar-refractivity contribution in [3.05, 3.63) is 58.1 Å². The lowest BCUT2D eigenvalue weighted by atomic mass is 10.0. The van der Waals surface area contributed by atoms with Crippen molar-refractivity contribution < 1.29 is 5.11 Å². The van der Waals surface area contributed by atoms with Crippen molar-refractivity contribution in [2.45, 2.75) is 46.5 Å². The molecule has 0 saturated carbocycles. The summed E-state index contributed by atoms with van der Waals surface area (Å²) >= 11 is 6.49. The summed E-state index contributed by atoms with van der Waals surface area (Å²) < 4.78 is 0. The fraction of sp³-hybridized carbons (Fsp3) is 0.350. The number of rotatable bonds is 6. The van der Waals surface area contributed by atoms with E-state index in [-0.39, 0.29) is 5.75 Å². The number of phenolic OH excluding ortho intramolecular Hbond substituents is 1. The molecule has 2 rings (SSSR count). The van der Waals surface area contributed by atoms with E-state index < -0.39 is 0 Å². The highest BCUT2D eigenvalue weighted by Gasteiger charge is 2.09. The van der Waals surface area contributed by atoms with Crippen LogP contribution in [0.3, 0.4) is 0 Å². The first kappa shape index (κ1) is 17.6. The van der Waals surface area contributed by atoms with Crippen LogP contribution in [0.2, 0.25) is 5.02 Å². The Kier molecular flexibility index (Phi) is 6.23. The Morgan fingerprint density at radius 2 is 1.91 bits per heavy atom. The van der Waals surface area contributed by atoms with Crippen molar-refractivity contribution in [3.8, 4) is 5.75 Å². The van der Waals surface area contributed by atoms with Gasteiger partial charge in [0, 0.05) is 22.4 Å². The molecule has 0 atom stereocenters. The van der Waals surface area contributed by atoms with Crippen LogP contribution >= 0.6 is 11.6 Å². The van der Waals surface area contributed by atoms with Gasteiger partial charge in [0.15, 0.2) is 0 Å². The summed E-state index contributed by atoms with van der Waals surface area (Å²) in [6.07, 6.45) is 4.19. The molecule has 0 saturated heterocycles. The van der Waals surface area contributed by atoms with Gasteiger partial charge in [0.2, 0.25) is 0 Å². The quantitative estimate of drug-likeness (QED) is 0.626. The molecule has 122 valence electrons. The van der Waals surface area contributed by atoms with Crippen LogP contribution in [0, 0.1) is 6.92 Å². The zero-order valence-electron chi connectivity index (χ0n) is 14.1. The molecule has 0 heterocycles. The van der Waals surface area contributed by atoms with Crippen molar-refractivity contribution in [3.63, 3.8) is 0 Å². The predicted molar refractivity (Wildman–Crippen MR) is 99.4 cm³/mol. The molecule has 2 aromatic carbocycles. The molecule has 0 unspecified atom stereocenters. The lowest BCUT2D eigenvalue weighted by Crippen LogP contribution is -2.01. The second-order valence-corrected chi connectivity index (χ2v) is 6.21. The number of hydrogen-bond donors (Lipinski definition) is 1. The van der Waals surface area contributed by atoms with Gasteiger partial charge in [-0.25, -0.2) is 0 Å². The Labute approximate surface area is 143 Å². The first-order valence-electron chi connectivity index (χ1n) is 8.21. The number of nitrogens with zero attached hydrogens (tertiary/aromatic N) is 1. The van der Waals surface area contributed by atoms with Gasteiger partial charge in [-0.05, 0) is 49.4 Å². The van der Waals surface area contributed by atoms with Crippen molar-refractivity contribution in [1.82, 2.24) is 0 Å². The van der Waals surface area contributed by atoms with E-state index in [0.29, 0.717) is 0 Å². The van der Waals surface area contributed by atoms with Crippen LogP contribution in [0.5, 0.6) is 5.75 Å². The molecule has 3 heteroatoms. The Morgan fingerprint density at radius 3 is 2.57 bits per heavy atom.